The fourth-order valence-corrected chi connectivity index (χ4v) is 4.81. The molecule has 0 amide bonds. The summed E-state index contributed by atoms with van der Waals surface area (Å²) in [5.41, 5.74) is 0.192. The average molecular weight is 433 g/mol. The Morgan fingerprint density at radius 2 is 1.95 bits per heavy atom. The van der Waals surface area contributed by atoms with Gasteiger partial charge in [-0.05, 0) is 30.9 Å². The van der Waals surface area contributed by atoms with Gasteiger partial charge in [0.1, 0.15) is 0 Å². The van der Waals surface area contributed by atoms with Crippen molar-refractivity contribution in [3.8, 4) is 11.5 Å². The third-order valence-corrected chi connectivity index (χ3v) is 5.94. The van der Waals surface area contributed by atoms with Crippen LogP contribution in [-0.4, -0.2) is 10.9 Å². The fraction of sp³-hybridized carbons (Fsp3) is 0.0714. The van der Waals surface area contributed by atoms with E-state index >= 15 is 0 Å². The Balaban J connectivity index is 2.53. The van der Waals surface area contributed by atoms with E-state index in [1.807, 2.05) is 30.3 Å². The molecule has 0 atom stereocenters. The predicted octanol–water partition coefficient (Wildman–Crippen LogP) is -0.441. The second-order valence-corrected chi connectivity index (χ2v) is 7.56. The Hall–Kier alpha value is -1.08. The molecule has 2 aromatic carbocycles. The maximum Gasteiger partial charge on any atom is 0.361 e. The van der Waals surface area contributed by atoms with Crippen LogP contribution in [0.15, 0.2) is 40.9 Å². The zero-order valence-corrected chi connectivity index (χ0v) is 13.7. The number of carbonyl (C=O) groups is 1. The van der Waals surface area contributed by atoms with Crippen molar-refractivity contribution in [1.29, 1.82) is 0 Å². The van der Waals surface area contributed by atoms with Gasteiger partial charge >= 0.3 is 21.2 Å². The number of phenols is 1. The lowest BCUT2D eigenvalue weighted by atomic mass is 10.1. The number of rotatable bonds is 3. The molecule has 0 radical (unpaired) electrons. The largest absolute Gasteiger partial charge is 0.869 e. The number of hydrogen-bond acceptors (Lipinski definition) is 3. The van der Waals surface area contributed by atoms with Crippen LogP contribution in [0.2, 0.25) is 0 Å². The highest BCUT2D eigenvalue weighted by atomic mass is 127. The fourth-order valence-electron chi connectivity index (χ4n) is 1.53. The third kappa shape index (κ3) is 3.09. The Labute approximate surface area is 129 Å². The third-order valence-electron chi connectivity index (χ3n) is 2.47. The van der Waals surface area contributed by atoms with Crippen molar-refractivity contribution in [3.63, 3.8) is 0 Å². The molecule has 98 valence electrons. The molecule has 0 spiro atoms. The van der Waals surface area contributed by atoms with Crippen molar-refractivity contribution >= 4 is 21.7 Å². The maximum atomic E-state index is 12.1. The Morgan fingerprint density at radius 1 is 1.32 bits per heavy atom. The van der Waals surface area contributed by atoms with Gasteiger partial charge in [0.05, 0.1) is 5.56 Å². The first kappa shape index (κ1) is 14.3. The van der Waals surface area contributed by atoms with Gasteiger partial charge in [-0.3, -0.25) is 4.79 Å². The highest BCUT2D eigenvalue weighted by Crippen LogP contribution is 2.30. The van der Waals surface area contributed by atoms with Gasteiger partial charge in [0.15, 0.2) is 15.1 Å². The molecule has 2 aromatic rings. The summed E-state index contributed by atoms with van der Waals surface area (Å²) in [6.07, 6.45) is 0. The molecule has 0 heterocycles. The first-order chi connectivity index (χ1) is 9.00. The van der Waals surface area contributed by atoms with E-state index in [4.69, 9.17) is 0 Å². The van der Waals surface area contributed by atoms with Gasteiger partial charge in [0.25, 0.3) is 0 Å². The number of ketones is 1. The molecule has 0 saturated carbocycles. The van der Waals surface area contributed by atoms with Gasteiger partial charge in [0.2, 0.25) is 3.57 Å². The lowest BCUT2D eigenvalue weighted by molar-refractivity contribution is -0.604. The second kappa shape index (κ2) is 5.92. The molecule has 1 N–H and O–H groups in total. The molecule has 3 nitrogen and oxygen atoms in total. The minimum absolute atomic E-state index is 0.169. The van der Waals surface area contributed by atoms with Crippen molar-refractivity contribution in [1.82, 2.24) is 0 Å². The molecule has 0 bridgehead atoms. The van der Waals surface area contributed by atoms with Gasteiger partial charge in [-0.1, -0.05) is 34.1 Å². The number of halogens is 2. The van der Waals surface area contributed by atoms with E-state index in [1.54, 1.807) is 0 Å². The number of benzene rings is 2. The summed E-state index contributed by atoms with van der Waals surface area (Å²) >= 11 is 2.34. The minimum Gasteiger partial charge on any atom is -0.869 e. The first-order valence-corrected chi connectivity index (χ1v) is 8.39. The minimum atomic E-state index is -0.819. The Kier molecular flexibility index (Phi) is 4.46. The molecule has 0 aliphatic rings. The van der Waals surface area contributed by atoms with Crippen molar-refractivity contribution in [2.75, 3.05) is 0 Å². The van der Waals surface area contributed by atoms with E-state index in [0.29, 0.717) is 8.04 Å². The molecule has 0 unspecified atom stereocenters. The van der Waals surface area contributed by atoms with E-state index < -0.39 is 21.2 Å². The van der Waals surface area contributed by atoms with Crippen LogP contribution in [0.25, 0.3) is 0 Å². The van der Waals surface area contributed by atoms with Crippen LogP contribution in [-0.2, 0) is 0 Å². The lowest BCUT2D eigenvalue weighted by Gasteiger charge is -2.11. The Bertz CT molecular complexity index is 626. The van der Waals surface area contributed by atoms with E-state index in [-0.39, 0.29) is 22.8 Å². The molecular weight excluding hydrogens is 423 g/mol. The summed E-state index contributed by atoms with van der Waals surface area (Å²) < 4.78 is 1.69. The van der Waals surface area contributed by atoms with Crippen molar-refractivity contribution < 1.29 is 36.2 Å². The molecule has 0 aliphatic heterocycles. The van der Waals surface area contributed by atoms with Crippen LogP contribution >= 0.6 is 15.9 Å². The topological polar surface area (TPSA) is 60.4 Å². The number of Topliss-reactive ketones (excluding diaryl/α,β-unsaturated/α-hetero) is 1. The van der Waals surface area contributed by atoms with Gasteiger partial charge in [-0.15, -0.1) is 0 Å². The van der Waals surface area contributed by atoms with E-state index in [9.17, 15) is 15.0 Å². The van der Waals surface area contributed by atoms with E-state index in [0.717, 1.165) is 3.57 Å². The zero-order valence-electron chi connectivity index (χ0n) is 9.98. The molecule has 19 heavy (non-hydrogen) atoms. The van der Waals surface area contributed by atoms with Gasteiger partial charge < -0.3 is 10.2 Å². The quantitative estimate of drug-likeness (QED) is 0.528. The molecular formula is C14H10BrIO3. The van der Waals surface area contributed by atoms with Gasteiger partial charge in [-0.2, -0.15) is 0 Å². The molecule has 0 aromatic heterocycles. The van der Waals surface area contributed by atoms with Crippen molar-refractivity contribution in [2.24, 2.45) is 0 Å². The lowest BCUT2D eigenvalue weighted by Crippen LogP contribution is -3.61. The van der Waals surface area contributed by atoms with Crippen molar-refractivity contribution in [3.05, 3.63) is 53.6 Å². The first-order valence-electron chi connectivity index (χ1n) is 5.44. The zero-order chi connectivity index (χ0) is 14.0. The molecule has 2 rings (SSSR count). The molecule has 0 aliphatic carbocycles. The smallest absolute Gasteiger partial charge is 0.361 e. The maximum absolute atomic E-state index is 12.1. The summed E-state index contributed by atoms with van der Waals surface area (Å²) in [4.78, 5) is 11.5. The summed E-state index contributed by atoms with van der Waals surface area (Å²) in [7, 11) is 0. The van der Waals surface area contributed by atoms with Crippen molar-refractivity contribution in [2.45, 2.75) is 6.92 Å². The monoisotopic (exact) mass is 432 g/mol. The van der Waals surface area contributed by atoms with E-state index in [2.05, 4.69) is 15.9 Å². The van der Waals surface area contributed by atoms with Crippen LogP contribution in [0.1, 0.15) is 17.3 Å². The summed E-state index contributed by atoms with van der Waals surface area (Å²) in [5.74, 6) is -0.659. The highest BCUT2D eigenvalue weighted by Gasteiger charge is 2.26. The normalized spacial score (nSPS) is 10.4. The van der Waals surface area contributed by atoms with Gasteiger partial charge in [-0.25, -0.2) is 0 Å². The second-order valence-electron chi connectivity index (χ2n) is 3.84. The highest BCUT2D eigenvalue weighted by molar-refractivity contribution is 9.10. The van der Waals surface area contributed by atoms with Gasteiger partial charge in [0, 0.05) is 4.47 Å². The molecule has 5 heteroatoms. The van der Waals surface area contributed by atoms with Crippen LogP contribution < -0.4 is 26.3 Å². The number of carbonyl (C=O) groups excluding carboxylic acids is 1. The van der Waals surface area contributed by atoms with Crippen LogP contribution in [0, 0.1) is 7.14 Å². The number of aromatic hydroxyl groups is 1. The number of hydrogen-bond donors (Lipinski definition) is 1. The number of phenolic OH excluding ortho intramolecular Hbond substituents is 1. The average Bonchev–Trinajstić information content (AvgIpc) is 2.40. The predicted molar refractivity (Wildman–Crippen MR) is 69.1 cm³/mol. The standard InChI is InChI=1S/C14H10BrIO3/c1-8(17)10-7-11(15)14(19)12(13(10)18)16-9-5-3-2-4-6-9/h2-7H,1H3,(H-,17,18,19). The Morgan fingerprint density at radius 3 is 2.53 bits per heavy atom. The molecule has 0 fully saturated rings. The van der Waals surface area contributed by atoms with Crippen LogP contribution in [0.3, 0.4) is 0 Å². The summed E-state index contributed by atoms with van der Waals surface area (Å²) in [5, 5.41) is 22.2. The van der Waals surface area contributed by atoms with Crippen LogP contribution in [0.4, 0.5) is 0 Å². The molecule has 0 saturated heterocycles. The van der Waals surface area contributed by atoms with Crippen LogP contribution in [0.5, 0.6) is 11.5 Å². The SMILES string of the molecule is CC(=O)c1cc(Br)c([O-])c([I+]c2ccccc2)c1O. The van der Waals surface area contributed by atoms with E-state index in [1.165, 1.54) is 13.0 Å². The summed E-state index contributed by atoms with van der Waals surface area (Å²) in [6, 6.07) is 10.9. The summed E-state index contributed by atoms with van der Waals surface area (Å²) in [6.45, 7) is 1.37.